The lowest BCUT2D eigenvalue weighted by atomic mass is 9.99. The molecule has 8 aromatic rings. The van der Waals surface area contributed by atoms with Crippen LogP contribution in [0.15, 0.2) is 146 Å². The quantitative estimate of drug-likeness (QED) is 0.203. The molecule has 8 rings (SSSR count). The molecule has 0 aliphatic heterocycles. The van der Waals surface area contributed by atoms with Gasteiger partial charge in [-0.15, -0.1) is 11.3 Å². The Kier molecular flexibility index (Phi) is 6.55. The Labute approximate surface area is 260 Å². The Bertz CT molecular complexity index is 2290. The summed E-state index contributed by atoms with van der Waals surface area (Å²) in [5.74, 6) is 1.99. The van der Waals surface area contributed by atoms with Crippen molar-refractivity contribution in [3.8, 4) is 56.4 Å². The summed E-state index contributed by atoms with van der Waals surface area (Å²) in [5.41, 5.74) is 8.92. The Morgan fingerprint density at radius 3 is 1.45 bits per heavy atom. The van der Waals surface area contributed by atoms with Crippen molar-refractivity contribution in [3.05, 3.63) is 151 Å². The van der Waals surface area contributed by atoms with Gasteiger partial charge in [0, 0.05) is 36.9 Å². The first kappa shape index (κ1) is 26.2. The van der Waals surface area contributed by atoms with Gasteiger partial charge in [-0.2, -0.15) is 0 Å². The van der Waals surface area contributed by atoms with E-state index in [4.69, 9.17) is 15.0 Å². The molecule has 4 heteroatoms. The molecule has 2 aromatic heterocycles. The molecule has 0 bridgehead atoms. The third-order valence-corrected chi connectivity index (χ3v) is 9.27. The minimum Gasteiger partial charge on any atom is -0.208 e. The van der Waals surface area contributed by atoms with Crippen molar-refractivity contribution in [2.75, 3.05) is 0 Å². The first-order valence-electron chi connectivity index (χ1n) is 14.7. The minimum atomic E-state index is 0.659. The molecule has 0 fully saturated rings. The monoisotopic (exact) mass is 581 g/mol. The lowest BCUT2D eigenvalue weighted by Gasteiger charge is -2.10. The Balaban J connectivity index is 1.29. The van der Waals surface area contributed by atoms with Crippen molar-refractivity contribution in [2.24, 2.45) is 0 Å². The smallest absolute Gasteiger partial charge is 0.164 e. The van der Waals surface area contributed by atoms with E-state index in [1.54, 1.807) is 0 Å². The number of aryl methyl sites for hydroxylation is 1. The van der Waals surface area contributed by atoms with Crippen LogP contribution < -0.4 is 0 Å². The fraction of sp³-hybridized carbons (Fsp3) is 0.0250. The van der Waals surface area contributed by atoms with E-state index >= 15 is 0 Å². The fourth-order valence-corrected chi connectivity index (χ4v) is 7.22. The molecule has 0 amide bonds. The average molecular weight is 582 g/mol. The van der Waals surface area contributed by atoms with Crippen molar-refractivity contribution in [2.45, 2.75) is 6.92 Å². The van der Waals surface area contributed by atoms with E-state index in [1.165, 1.54) is 42.4 Å². The van der Waals surface area contributed by atoms with Crippen molar-refractivity contribution in [3.63, 3.8) is 0 Å². The molecule has 0 saturated heterocycles. The van der Waals surface area contributed by atoms with Crippen molar-refractivity contribution < 1.29 is 0 Å². The van der Waals surface area contributed by atoms with Crippen LogP contribution in [0.4, 0.5) is 0 Å². The van der Waals surface area contributed by atoms with Gasteiger partial charge in [0.15, 0.2) is 17.5 Å². The lowest BCUT2D eigenvalue weighted by Crippen LogP contribution is -2.00. The number of nitrogens with zero attached hydrogens (tertiary/aromatic N) is 3. The maximum atomic E-state index is 5.00. The zero-order chi connectivity index (χ0) is 29.5. The second kappa shape index (κ2) is 11.0. The van der Waals surface area contributed by atoms with Gasteiger partial charge in [0.25, 0.3) is 0 Å². The van der Waals surface area contributed by atoms with Gasteiger partial charge in [-0.05, 0) is 41.3 Å². The van der Waals surface area contributed by atoms with E-state index in [0.717, 1.165) is 22.3 Å². The van der Waals surface area contributed by atoms with E-state index in [2.05, 4.69) is 116 Å². The molecule has 6 aromatic carbocycles. The number of thiophene rings is 1. The largest absolute Gasteiger partial charge is 0.208 e. The van der Waals surface area contributed by atoms with E-state index < -0.39 is 0 Å². The zero-order valence-corrected chi connectivity index (χ0v) is 24.9. The van der Waals surface area contributed by atoms with Gasteiger partial charge in [-0.3, -0.25) is 0 Å². The summed E-state index contributed by atoms with van der Waals surface area (Å²) in [6.07, 6.45) is 0. The van der Waals surface area contributed by atoms with Crippen LogP contribution in [0.3, 0.4) is 0 Å². The first-order valence-corrected chi connectivity index (χ1v) is 15.5. The SMILES string of the molecule is Cc1cccc(-c2nc(-c3ccccc3)nc(-c3cccc(-c4cccc5c4sc4c(-c6ccccc6)cccc45)c3)n2)c1. The van der Waals surface area contributed by atoms with Gasteiger partial charge in [-0.1, -0.05) is 139 Å². The van der Waals surface area contributed by atoms with Crippen molar-refractivity contribution >= 4 is 31.5 Å². The summed E-state index contributed by atoms with van der Waals surface area (Å²) in [7, 11) is 0. The van der Waals surface area contributed by atoms with E-state index in [0.29, 0.717) is 17.5 Å². The number of rotatable bonds is 5. The van der Waals surface area contributed by atoms with Crippen LogP contribution in [-0.2, 0) is 0 Å². The Morgan fingerprint density at radius 1 is 0.386 bits per heavy atom. The van der Waals surface area contributed by atoms with Crippen LogP contribution in [0.2, 0.25) is 0 Å². The molecule has 3 nitrogen and oxygen atoms in total. The predicted molar refractivity (Wildman–Crippen MR) is 185 cm³/mol. The summed E-state index contributed by atoms with van der Waals surface area (Å²) >= 11 is 1.87. The molecule has 0 aliphatic rings. The van der Waals surface area contributed by atoms with Crippen LogP contribution in [-0.4, -0.2) is 15.0 Å². The van der Waals surface area contributed by atoms with E-state index in [1.807, 2.05) is 47.7 Å². The summed E-state index contributed by atoms with van der Waals surface area (Å²) in [6.45, 7) is 2.09. The average Bonchev–Trinajstić information content (AvgIpc) is 3.48. The normalized spacial score (nSPS) is 11.3. The Morgan fingerprint density at radius 2 is 0.841 bits per heavy atom. The van der Waals surface area contributed by atoms with Crippen LogP contribution >= 0.6 is 11.3 Å². The topological polar surface area (TPSA) is 38.7 Å². The third kappa shape index (κ3) is 4.76. The van der Waals surface area contributed by atoms with E-state index in [-0.39, 0.29) is 0 Å². The molecule has 44 heavy (non-hydrogen) atoms. The van der Waals surface area contributed by atoms with Crippen LogP contribution in [0.5, 0.6) is 0 Å². The third-order valence-electron chi connectivity index (χ3n) is 7.98. The number of benzene rings is 6. The van der Waals surface area contributed by atoms with Crippen molar-refractivity contribution in [1.29, 1.82) is 0 Å². The predicted octanol–water partition coefficient (Wildman–Crippen LogP) is 10.9. The first-order chi connectivity index (χ1) is 21.7. The lowest BCUT2D eigenvalue weighted by molar-refractivity contribution is 1.07. The number of fused-ring (bicyclic) bond motifs is 3. The van der Waals surface area contributed by atoms with E-state index in [9.17, 15) is 0 Å². The highest BCUT2D eigenvalue weighted by Gasteiger charge is 2.16. The van der Waals surface area contributed by atoms with Gasteiger partial charge in [-0.25, -0.2) is 15.0 Å². The van der Waals surface area contributed by atoms with Gasteiger partial charge in [0.1, 0.15) is 0 Å². The van der Waals surface area contributed by atoms with Gasteiger partial charge in [0.05, 0.1) is 0 Å². The van der Waals surface area contributed by atoms with Gasteiger partial charge in [0.2, 0.25) is 0 Å². The summed E-state index contributed by atoms with van der Waals surface area (Å²) < 4.78 is 2.59. The zero-order valence-electron chi connectivity index (χ0n) is 24.1. The highest BCUT2D eigenvalue weighted by Crippen LogP contribution is 2.44. The molecule has 208 valence electrons. The number of aromatic nitrogens is 3. The Hall–Kier alpha value is -5.45. The minimum absolute atomic E-state index is 0.659. The highest BCUT2D eigenvalue weighted by molar-refractivity contribution is 7.26. The molecule has 0 spiro atoms. The fourth-order valence-electron chi connectivity index (χ4n) is 5.85. The maximum absolute atomic E-state index is 5.00. The molecule has 0 radical (unpaired) electrons. The maximum Gasteiger partial charge on any atom is 0.164 e. The summed E-state index contributed by atoms with van der Waals surface area (Å²) in [6, 6.07) is 50.9. The number of hydrogen-bond donors (Lipinski definition) is 0. The van der Waals surface area contributed by atoms with Crippen LogP contribution in [0.25, 0.3) is 76.6 Å². The summed E-state index contributed by atoms with van der Waals surface area (Å²) in [5, 5.41) is 2.57. The molecular formula is C40H27N3S. The second-order valence-electron chi connectivity index (χ2n) is 11.0. The second-order valence-corrected chi connectivity index (χ2v) is 12.0. The van der Waals surface area contributed by atoms with Crippen LogP contribution in [0, 0.1) is 6.92 Å². The molecule has 0 saturated carbocycles. The van der Waals surface area contributed by atoms with Gasteiger partial charge < -0.3 is 0 Å². The molecule has 0 unspecified atom stereocenters. The van der Waals surface area contributed by atoms with Crippen LogP contribution in [0.1, 0.15) is 5.56 Å². The van der Waals surface area contributed by atoms with Gasteiger partial charge >= 0.3 is 0 Å². The molecular weight excluding hydrogens is 555 g/mol. The van der Waals surface area contributed by atoms with Crippen molar-refractivity contribution in [1.82, 2.24) is 15.0 Å². The molecule has 2 heterocycles. The standard InChI is InChI=1S/C40H27N3S/c1-26-12-8-18-30(24-26)39-41-38(28-15-6-3-7-16-28)42-40(43-39)31-19-9-17-29(25-31)33-21-11-23-35-34-22-10-20-32(36(34)44-37(33)35)27-13-4-2-5-14-27/h2-25H,1H3. The molecule has 0 aliphatic carbocycles. The highest BCUT2D eigenvalue weighted by atomic mass is 32.1. The summed E-state index contributed by atoms with van der Waals surface area (Å²) in [4.78, 5) is 14.9. The molecule has 0 atom stereocenters. The number of hydrogen-bond acceptors (Lipinski definition) is 4. The molecule has 0 N–H and O–H groups in total.